The van der Waals surface area contributed by atoms with E-state index in [1.807, 2.05) is 72.9 Å². The van der Waals surface area contributed by atoms with Crippen molar-refractivity contribution < 1.29 is 4.79 Å². The third-order valence-electron chi connectivity index (χ3n) is 6.34. The Hall–Kier alpha value is -3.95. The van der Waals surface area contributed by atoms with Crippen molar-refractivity contribution in [2.24, 2.45) is 7.05 Å². The number of hydrogen-bond donors (Lipinski definition) is 1. The summed E-state index contributed by atoms with van der Waals surface area (Å²) in [6.07, 6.45) is 5.81. The zero-order valence-electron chi connectivity index (χ0n) is 18.5. The Labute approximate surface area is 193 Å². The van der Waals surface area contributed by atoms with Crippen LogP contribution in [0.15, 0.2) is 73.1 Å². The van der Waals surface area contributed by atoms with Crippen molar-refractivity contribution in [2.45, 2.75) is 18.9 Å². The Balaban J connectivity index is 1.48. The number of nitrogens with one attached hydrogen (secondary N) is 1. The molecule has 4 aromatic rings. The lowest BCUT2D eigenvalue weighted by Crippen LogP contribution is -2.49. The molecule has 0 bridgehead atoms. The number of pyridine rings is 1. The van der Waals surface area contributed by atoms with Gasteiger partial charge in [-0.1, -0.05) is 24.3 Å². The highest BCUT2D eigenvalue weighted by Gasteiger charge is 2.29. The maximum absolute atomic E-state index is 13.8. The number of amides is 1. The predicted molar refractivity (Wildman–Crippen MR) is 130 cm³/mol. The highest BCUT2D eigenvalue weighted by molar-refractivity contribution is 6.07. The first-order valence-electron chi connectivity index (χ1n) is 11.2. The monoisotopic (exact) mass is 435 g/mol. The van der Waals surface area contributed by atoms with Crippen molar-refractivity contribution in [3.63, 3.8) is 0 Å². The second-order valence-electron chi connectivity index (χ2n) is 8.47. The van der Waals surface area contributed by atoms with E-state index in [2.05, 4.69) is 20.9 Å². The molecule has 3 heterocycles. The summed E-state index contributed by atoms with van der Waals surface area (Å²) < 4.78 is 2.05. The molecule has 1 aliphatic heterocycles. The van der Waals surface area contributed by atoms with Gasteiger partial charge in [-0.15, -0.1) is 0 Å². The Bertz CT molecular complexity index is 1330. The minimum atomic E-state index is -0.0452. The molecule has 164 valence electrons. The van der Waals surface area contributed by atoms with Crippen molar-refractivity contribution >= 4 is 22.6 Å². The number of rotatable bonds is 4. The van der Waals surface area contributed by atoms with Crippen LogP contribution in [0.5, 0.6) is 0 Å². The average Bonchev–Trinajstić information content (AvgIpc) is 3.25. The fourth-order valence-electron chi connectivity index (χ4n) is 4.47. The Morgan fingerprint density at radius 3 is 2.52 bits per heavy atom. The third-order valence-corrected chi connectivity index (χ3v) is 6.34. The van der Waals surface area contributed by atoms with Crippen LogP contribution in [-0.2, 0) is 7.05 Å². The minimum absolute atomic E-state index is 0.0452. The number of benzene rings is 2. The number of hydrogen-bond acceptors (Lipinski definition) is 4. The molecule has 0 spiro atoms. The van der Waals surface area contributed by atoms with Crippen LogP contribution >= 0.6 is 0 Å². The lowest BCUT2D eigenvalue weighted by Gasteiger charge is -2.34. The molecule has 0 unspecified atom stereocenters. The van der Waals surface area contributed by atoms with Gasteiger partial charge >= 0.3 is 0 Å². The van der Waals surface area contributed by atoms with E-state index in [1.165, 1.54) is 0 Å². The quantitative estimate of drug-likeness (QED) is 0.512. The van der Waals surface area contributed by atoms with Gasteiger partial charge in [0.15, 0.2) is 0 Å². The molecule has 33 heavy (non-hydrogen) atoms. The fraction of sp³-hybridized carbons (Fsp3) is 0.222. The van der Waals surface area contributed by atoms with E-state index in [9.17, 15) is 4.79 Å². The van der Waals surface area contributed by atoms with Gasteiger partial charge in [0.05, 0.1) is 23.2 Å². The molecule has 1 amide bonds. The van der Waals surface area contributed by atoms with Crippen molar-refractivity contribution in [1.82, 2.24) is 14.9 Å². The molecular formula is C27H25N5O. The van der Waals surface area contributed by atoms with E-state index < -0.39 is 0 Å². The molecule has 1 saturated heterocycles. The van der Waals surface area contributed by atoms with Gasteiger partial charge in [0.25, 0.3) is 5.91 Å². The molecule has 2 aromatic carbocycles. The highest BCUT2D eigenvalue weighted by atomic mass is 16.2. The van der Waals surface area contributed by atoms with Crippen LogP contribution in [0.4, 0.5) is 5.82 Å². The van der Waals surface area contributed by atoms with Crippen molar-refractivity contribution in [3.8, 4) is 17.2 Å². The zero-order chi connectivity index (χ0) is 22.8. The van der Waals surface area contributed by atoms with Gasteiger partial charge in [0.2, 0.25) is 0 Å². The van der Waals surface area contributed by atoms with E-state index in [-0.39, 0.29) is 11.9 Å². The zero-order valence-corrected chi connectivity index (χ0v) is 18.5. The van der Waals surface area contributed by atoms with E-state index >= 15 is 0 Å². The topological polar surface area (TPSA) is 74.0 Å². The van der Waals surface area contributed by atoms with Crippen LogP contribution in [0, 0.1) is 11.3 Å². The number of anilines is 1. The summed E-state index contributed by atoms with van der Waals surface area (Å²) in [6.45, 7) is 1.73. The number of nitriles is 1. The second-order valence-corrected chi connectivity index (χ2v) is 8.47. The molecule has 0 aliphatic carbocycles. The molecule has 1 N–H and O–H groups in total. The molecule has 6 nitrogen and oxygen atoms in total. The first kappa shape index (κ1) is 20.9. The third kappa shape index (κ3) is 4.11. The number of carbonyl (C=O) groups excluding carboxylic acids is 1. The van der Waals surface area contributed by atoms with Crippen LogP contribution in [0.25, 0.3) is 22.0 Å². The molecule has 0 radical (unpaired) electrons. The van der Waals surface area contributed by atoms with Gasteiger partial charge < -0.3 is 9.88 Å². The number of aryl methyl sites for hydroxylation is 1. The number of fused-ring (bicyclic) bond motifs is 1. The molecule has 6 heteroatoms. The Morgan fingerprint density at radius 2 is 1.85 bits per heavy atom. The average molecular weight is 436 g/mol. The second kappa shape index (κ2) is 8.89. The van der Waals surface area contributed by atoms with Crippen LogP contribution in [0.3, 0.4) is 0 Å². The van der Waals surface area contributed by atoms with Crippen LogP contribution in [-0.4, -0.2) is 34.6 Å². The van der Waals surface area contributed by atoms with Gasteiger partial charge in [-0.05, 0) is 60.8 Å². The molecule has 2 aromatic heterocycles. The number of carbonyl (C=O) groups is 1. The lowest BCUT2D eigenvalue weighted by atomic mass is 10.0. The molecule has 1 aliphatic rings. The SMILES string of the molecule is Cn1ccc2cnc(N(C(=O)c3ccc(-c4ccc(C#N)cc4)cc3)[C@@H]3CCCNC3)cc21. The molecule has 5 rings (SSSR count). The van der Waals surface area contributed by atoms with E-state index in [1.54, 1.807) is 12.1 Å². The van der Waals surface area contributed by atoms with E-state index in [0.29, 0.717) is 16.9 Å². The highest BCUT2D eigenvalue weighted by Crippen LogP contribution is 2.27. The van der Waals surface area contributed by atoms with Crippen LogP contribution < -0.4 is 10.2 Å². The first-order chi connectivity index (χ1) is 16.1. The van der Waals surface area contributed by atoms with E-state index in [4.69, 9.17) is 5.26 Å². The maximum atomic E-state index is 13.8. The van der Waals surface area contributed by atoms with Crippen molar-refractivity contribution in [2.75, 3.05) is 18.0 Å². The standard InChI is InChI=1S/C27H25N5O/c1-31-14-12-23-17-30-26(15-25(23)31)32(24-3-2-13-29-18-24)27(33)22-10-8-21(9-11-22)20-6-4-19(16-28)5-7-20/h4-12,14-15,17,24,29H,2-3,13,18H2,1H3/t24-/m1/s1. The van der Waals surface area contributed by atoms with Gasteiger partial charge in [0, 0.05) is 43.0 Å². The minimum Gasteiger partial charge on any atom is -0.350 e. The number of piperidine rings is 1. The van der Waals surface area contributed by atoms with Gasteiger partial charge in [-0.3, -0.25) is 9.69 Å². The molecule has 1 atom stereocenters. The first-order valence-corrected chi connectivity index (χ1v) is 11.2. The summed E-state index contributed by atoms with van der Waals surface area (Å²) >= 11 is 0. The summed E-state index contributed by atoms with van der Waals surface area (Å²) in [5.74, 6) is 0.635. The smallest absolute Gasteiger partial charge is 0.259 e. The summed E-state index contributed by atoms with van der Waals surface area (Å²) in [7, 11) is 2.00. The van der Waals surface area contributed by atoms with Crippen LogP contribution in [0.2, 0.25) is 0 Å². The predicted octanol–water partition coefficient (Wildman–Crippen LogP) is 4.51. The molecule has 0 saturated carbocycles. The van der Waals surface area contributed by atoms with Crippen LogP contribution in [0.1, 0.15) is 28.8 Å². The Morgan fingerprint density at radius 1 is 1.12 bits per heavy atom. The summed E-state index contributed by atoms with van der Waals surface area (Å²) in [5, 5.41) is 13.5. The summed E-state index contributed by atoms with van der Waals surface area (Å²) in [4.78, 5) is 20.3. The largest absolute Gasteiger partial charge is 0.350 e. The lowest BCUT2D eigenvalue weighted by molar-refractivity contribution is 0.0971. The van der Waals surface area contributed by atoms with E-state index in [0.717, 1.165) is 48.0 Å². The van der Waals surface area contributed by atoms with Crippen molar-refractivity contribution in [3.05, 3.63) is 84.2 Å². The fourth-order valence-corrected chi connectivity index (χ4v) is 4.47. The van der Waals surface area contributed by atoms with Crippen molar-refractivity contribution in [1.29, 1.82) is 5.26 Å². The summed E-state index contributed by atoms with van der Waals surface area (Å²) in [6, 6.07) is 21.3. The molecule has 1 fully saturated rings. The van der Waals surface area contributed by atoms with Gasteiger partial charge in [-0.25, -0.2) is 4.98 Å². The maximum Gasteiger partial charge on any atom is 0.259 e. The number of nitrogens with zero attached hydrogens (tertiary/aromatic N) is 4. The van der Waals surface area contributed by atoms with Gasteiger partial charge in [0.1, 0.15) is 5.82 Å². The Kier molecular flexibility index (Phi) is 5.64. The van der Waals surface area contributed by atoms with Gasteiger partial charge in [-0.2, -0.15) is 5.26 Å². The molecular weight excluding hydrogens is 410 g/mol. The normalized spacial score (nSPS) is 15.8. The summed E-state index contributed by atoms with van der Waals surface area (Å²) in [5.41, 5.74) is 4.33. The number of aromatic nitrogens is 2.